The van der Waals surface area contributed by atoms with E-state index in [0.717, 1.165) is 32.1 Å². The largest absolute Gasteiger partial charge is 0.446 e. The Balaban J connectivity index is 1.95. The highest BCUT2D eigenvalue weighted by Crippen LogP contribution is 2.36. The van der Waals surface area contributed by atoms with Crippen molar-refractivity contribution >= 4 is 12.2 Å². The molecule has 0 aromatic heterocycles. The summed E-state index contributed by atoms with van der Waals surface area (Å²) in [6.07, 6.45) is 4.94. The van der Waals surface area contributed by atoms with Gasteiger partial charge in [0.15, 0.2) is 0 Å². The molecule has 0 radical (unpaired) electrons. The molecule has 2 N–H and O–H groups in total. The van der Waals surface area contributed by atoms with Crippen LogP contribution in [0.5, 0.6) is 0 Å². The van der Waals surface area contributed by atoms with E-state index in [0.29, 0.717) is 17.8 Å². The normalized spacial score (nSPS) is 33.4. The third-order valence-corrected chi connectivity index (χ3v) is 6.26. The maximum Gasteiger partial charge on any atom is 0.408 e. The van der Waals surface area contributed by atoms with Crippen molar-refractivity contribution in [1.29, 1.82) is 0 Å². The maximum absolute atomic E-state index is 12.7. The molecule has 0 spiro atoms. The van der Waals surface area contributed by atoms with E-state index in [1.54, 1.807) is 0 Å². The van der Waals surface area contributed by atoms with Crippen molar-refractivity contribution in [3.63, 3.8) is 0 Å². The van der Waals surface area contributed by atoms with Crippen LogP contribution < -0.4 is 10.6 Å². The second-order valence-corrected chi connectivity index (χ2v) is 10.4. The number of rotatable bonds is 4. The van der Waals surface area contributed by atoms with Crippen molar-refractivity contribution in [2.45, 2.75) is 110 Å². The number of carbonyl (C=O) groups excluding carboxylic acids is 2. The Kier molecular flexibility index (Phi) is 7.27. The lowest BCUT2D eigenvalue weighted by atomic mass is 9.75. The molecule has 0 aliphatic heterocycles. The molecule has 6 heteroatoms. The van der Waals surface area contributed by atoms with Crippen LogP contribution in [0.25, 0.3) is 0 Å². The van der Waals surface area contributed by atoms with Crippen molar-refractivity contribution < 1.29 is 19.1 Å². The molecule has 0 saturated heterocycles. The summed E-state index contributed by atoms with van der Waals surface area (Å²) in [6.45, 7) is 14.1. The number of carbonyl (C=O) groups is 2. The van der Waals surface area contributed by atoms with Crippen LogP contribution in [0, 0.1) is 17.8 Å². The van der Waals surface area contributed by atoms with Gasteiger partial charge in [-0.2, -0.15) is 0 Å². The van der Waals surface area contributed by atoms with Gasteiger partial charge in [-0.3, -0.25) is 0 Å². The first-order valence-electron chi connectivity index (χ1n) is 10.9. The monoisotopic (exact) mass is 396 g/mol. The fourth-order valence-corrected chi connectivity index (χ4v) is 4.65. The van der Waals surface area contributed by atoms with Crippen LogP contribution in [0.15, 0.2) is 0 Å². The zero-order valence-electron chi connectivity index (χ0n) is 18.8. The van der Waals surface area contributed by atoms with Crippen molar-refractivity contribution in [3.8, 4) is 0 Å². The van der Waals surface area contributed by atoms with Crippen LogP contribution in [-0.4, -0.2) is 35.5 Å². The number of hydrogen-bond donors (Lipinski definition) is 2. The highest BCUT2D eigenvalue weighted by atomic mass is 16.6. The molecule has 162 valence electrons. The molecule has 2 saturated carbocycles. The Morgan fingerprint density at radius 1 is 1.11 bits per heavy atom. The predicted molar refractivity (Wildman–Crippen MR) is 110 cm³/mol. The van der Waals surface area contributed by atoms with Crippen molar-refractivity contribution in [2.75, 3.05) is 0 Å². The van der Waals surface area contributed by atoms with E-state index < -0.39 is 17.2 Å². The minimum Gasteiger partial charge on any atom is -0.446 e. The molecule has 6 nitrogen and oxygen atoms in total. The SMILES string of the molecule is CC(C)C1CC[C@@H](C)CC1OC(=O)N[C@@H]1CCC[C@]1(C)NC(=O)OC(C)(C)C. The van der Waals surface area contributed by atoms with Gasteiger partial charge in [-0.05, 0) is 77.6 Å². The van der Waals surface area contributed by atoms with Crippen LogP contribution >= 0.6 is 0 Å². The van der Waals surface area contributed by atoms with Gasteiger partial charge in [0.1, 0.15) is 11.7 Å². The molecule has 2 amide bonds. The van der Waals surface area contributed by atoms with Crippen molar-refractivity contribution in [3.05, 3.63) is 0 Å². The Labute approximate surface area is 170 Å². The average Bonchev–Trinajstić information content (AvgIpc) is 2.85. The molecule has 2 aliphatic carbocycles. The summed E-state index contributed by atoms with van der Waals surface area (Å²) in [5.74, 6) is 1.49. The summed E-state index contributed by atoms with van der Waals surface area (Å²) in [5, 5.41) is 6.00. The maximum atomic E-state index is 12.7. The minimum atomic E-state index is -0.551. The van der Waals surface area contributed by atoms with Gasteiger partial charge >= 0.3 is 12.2 Å². The van der Waals surface area contributed by atoms with Gasteiger partial charge in [-0.1, -0.05) is 27.2 Å². The molecule has 0 bridgehead atoms. The zero-order chi connectivity index (χ0) is 21.1. The summed E-state index contributed by atoms with van der Waals surface area (Å²) in [7, 11) is 0. The second kappa shape index (κ2) is 8.91. The van der Waals surface area contributed by atoms with Gasteiger partial charge < -0.3 is 20.1 Å². The molecule has 2 unspecified atom stereocenters. The van der Waals surface area contributed by atoms with Gasteiger partial charge in [-0.15, -0.1) is 0 Å². The number of ether oxygens (including phenoxy) is 2. The molecule has 0 heterocycles. The van der Waals surface area contributed by atoms with Crippen LogP contribution in [0.4, 0.5) is 9.59 Å². The molecule has 2 fully saturated rings. The lowest BCUT2D eigenvalue weighted by Crippen LogP contribution is -2.58. The molecular formula is C22H40N2O4. The fraction of sp³-hybridized carbons (Fsp3) is 0.909. The average molecular weight is 397 g/mol. The van der Waals surface area contributed by atoms with Gasteiger partial charge in [0.05, 0.1) is 11.6 Å². The second-order valence-electron chi connectivity index (χ2n) is 10.4. The lowest BCUT2D eigenvalue weighted by molar-refractivity contribution is 0.00334. The molecule has 2 rings (SSSR count). The van der Waals surface area contributed by atoms with Gasteiger partial charge in [0, 0.05) is 0 Å². The lowest BCUT2D eigenvalue weighted by Gasteiger charge is -2.38. The number of amides is 2. The highest BCUT2D eigenvalue weighted by molar-refractivity contribution is 5.70. The number of alkyl carbamates (subject to hydrolysis) is 2. The van der Waals surface area contributed by atoms with Crippen LogP contribution in [0.2, 0.25) is 0 Å². The van der Waals surface area contributed by atoms with E-state index in [-0.39, 0.29) is 18.2 Å². The van der Waals surface area contributed by atoms with Crippen LogP contribution in [-0.2, 0) is 9.47 Å². The van der Waals surface area contributed by atoms with E-state index in [9.17, 15) is 9.59 Å². The highest BCUT2D eigenvalue weighted by Gasteiger charge is 2.43. The Bertz CT molecular complexity index is 557. The van der Waals surface area contributed by atoms with Crippen LogP contribution in [0.3, 0.4) is 0 Å². The Hall–Kier alpha value is -1.46. The minimum absolute atomic E-state index is 0.0322. The van der Waals surface area contributed by atoms with E-state index in [1.807, 2.05) is 27.7 Å². The predicted octanol–water partition coefficient (Wildman–Crippen LogP) is 5.01. The first-order chi connectivity index (χ1) is 12.9. The third-order valence-electron chi connectivity index (χ3n) is 6.26. The van der Waals surface area contributed by atoms with Gasteiger partial charge in [-0.25, -0.2) is 9.59 Å². The number of nitrogens with one attached hydrogen (secondary N) is 2. The standard InChI is InChI=1S/C22H40N2O4/c1-14(2)16-11-10-15(3)13-17(16)27-19(25)23-18-9-8-12-22(18,7)24-20(26)28-21(4,5)6/h14-18H,8-13H2,1-7H3,(H,23,25)(H,24,26)/t15-,16?,17?,18-,22+/m1/s1. The zero-order valence-corrected chi connectivity index (χ0v) is 18.8. The smallest absolute Gasteiger partial charge is 0.408 e. The summed E-state index contributed by atoms with van der Waals surface area (Å²) >= 11 is 0. The van der Waals surface area contributed by atoms with E-state index in [2.05, 4.69) is 31.4 Å². The van der Waals surface area contributed by atoms with Gasteiger partial charge in [0.25, 0.3) is 0 Å². The molecule has 5 atom stereocenters. The third kappa shape index (κ3) is 6.28. The van der Waals surface area contributed by atoms with Crippen LogP contribution in [0.1, 0.15) is 87.0 Å². The van der Waals surface area contributed by atoms with Crippen molar-refractivity contribution in [2.24, 2.45) is 17.8 Å². The molecule has 0 aromatic carbocycles. The summed E-state index contributed by atoms with van der Waals surface area (Å²) in [5.41, 5.74) is -1.08. The summed E-state index contributed by atoms with van der Waals surface area (Å²) in [6, 6.07) is -0.161. The van der Waals surface area contributed by atoms with E-state index in [1.165, 1.54) is 6.42 Å². The van der Waals surface area contributed by atoms with E-state index in [4.69, 9.17) is 9.47 Å². The van der Waals surface area contributed by atoms with Crippen molar-refractivity contribution in [1.82, 2.24) is 10.6 Å². The first-order valence-corrected chi connectivity index (χ1v) is 10.9. The molecular weight excluding hydrogens is 356 g/mol. The molecule has 28 heavy (non-hydrogen) atoms. The van der Waals surface area contributed by atoms with Gasteiger partial charge in [0.2, 0.25) is 0 Å². The summed E-state index contributed by atoms with van der Waals surface area (Å²) in [4.78, 5) is 24.9. The topological polar surface area (TPSA) is 76.7 Å². The Morgan fingerprint density at radius 2 is 1.79 bits per heavy atom. The van der Waals surface area contributed by atoms with E-state index >= 15 is 0 Å². The molecule has 2 aliphatic rings. The fourth-order valence-electron chi connectivity index (χ4n) is 4.65. The first kappa shape index (κ1) is 22.8. The Morgan fingerprint density at radius 3 is 2.39 bits per heavy atom. The quantitative estimate of drug-likeness (QED) is 0.700. The summed E-state index contributed by atoms with van der Waals surface area (Å²) < 4.78 is 11.3. The molecule has 0 aromatic rings. The number of hydrogen-bond acceptors (Lipinski definition) is 4.